The number of phenols is 1. The zero-order valence-corrected chi connectivity index (χ0v) is 27.9. The molecule has 1 saturated heterocycles. The van der Waals surface area contributed by atoms with Crippen molar-refractivity contribution in [2.45, 2.75) is 84.1 Å². The molecule has 4 N–H and O–H groups in total. The van der Waals surface area contributed by atoms with E-state index < -0.39 is 49.5 Å². The van der Waals surface area contributed by atoms with E-state index in [2.05, 4.69) is 26.6 Å². The van der Waals surface area contributed by atoms with Crippen molar-refractivity contribution in [3.05, 3.63) is 39.9 Å². The number of aromatic hydroxyl groups is 1. The second-order valence-electron chi connectivity index (χ2n) is 12.5. The van der Waals surface area contributed by atoms with Crippen LogP contribution in [0.25, 0.3) is 10.8 Å². The molecular weight excluding hydrogens is 649 g/mol. The Balaban J connectivity index is 1.51. The fourth-order valence-electron chi connectivity index (χ4n) is 6.18. The van der Waals surface area contributed by atoms with Gasteiger partial charge >= 0.3 is 0 Å². The Morgan fingerprint density at radius 1 is 1.05 bits per heavy atom. The van der Waals surface area contributed by atoms with Gasteiger partial charge in [0.2, 0.25) is 19.2 Å². The molecule has 4 rings (SSSR count). The van der Waals surface area contributed by atoms with Crippen molar-refractivity contribution >= 4 is 57.7 Å². The molecule has 12 heteroatoms. The van der Waals surface area contributed by atoms with Crippen LogP contribution in [0.4, 0.5) is 0 Å². The largest absolute Gasteiger partial charge is 0.506 e. The predicted octanol–water partition coefficient (Wildman–Crippen LogP) is 5.92. The van der Waals surface area contributed by atoms with Crippen molar-refractivity contribution in [2.75, 3.05) is 19.0 Å². The van der Waals surface area contributed by atoms with E-state index in [-0.39, 0.29) is 38.6 Å². The van der Waals surface area contributed by atoms with E-state index >= 15 is 0 Å². The van der Waals surface area contributed by atoms with E-state index in [1.807, 2.05) is 13.8 Å². The number of hydrogen-bond acceptors (Lipinski definition) is 6. The van der Waals surface area contributed by atoms with Crippen molar-refractivity contribution in [1.29, 1.82) is 0 Å². The number of benzene rings is 2. The predicted molar refractivity (Wildman–Crippen MR) is 173 cm³/mol. The number of nitrogens with zero attached hydrogens (tertiary/aromatic N) is 1. The molecule has 240 valence electrons. The van der Waals surface area contributed by atoms with Gasteiger partial charge in [-0.1, -0.05) is 70.9 Å². The average molecular weight is 693 g/mol. The number of halogens is 1. The van der Waals surface area contributed by atoms with Gasteiger partial charge in [0.25, 0.3) is 11.8 Å². The number of phenolic OH excluding ortho intramolecular Hbond substituents is 1. The van der Waals surface area contributed by atoms with Crippen LogP contribution in [0.15, 0.2) is 28.7 Å². The van der Waals surface area contributed by atoms with Crippen molar-refractivity contribution in [3.63, 3.8) is 0 Å². The molecule has 4 amide bonds. The molecule has 1 fully saturated rings. The highest BCUT2D eigenvalue weighted by Gasteiger charge is 2.40. The van der Waals surface area contributed by atoms with E-state index in [1.165, 1.54) is 18.6 Å². The molecule has 10 nitrogen and oxygen atoms in total. The maximum absolute atomic E-state index is 13.7. The van der Waals surface area contributed by atoms with Gasteiger partial charge in [-0.15, -0.1) is 0 Å². The Bertz CT molecular complexity index is 1460. The summed E-state index contributed by atoms with van der Waals surface area (Å²) < 4.78 is 13.9. The number of rotatable bonds is 8. The summed E-state index contributed by atoms with van der Waals surface area (Å²) in [7, 11) is -4.26. The molecule has 2 aromatic rings. The first kappa shape index (κ1) is 34.1. The zero-order valence-electron chi connectivity index (χ0n) is 25.4. The molecule has 44 heavy (non-hydrogen) atoms. The number of nitrogens with one attached hydrogen (secondary N) is 2. The fourth-order valence-corrected chi connectivity index (χ4v) is 8.44. The van der Waals surface area contributed by atoms with Gasteiger partial charge in [-0.3, -0.25) is 28.6 Å². The molecule has 2 aromatic carbocycles. The van der Waals surface area contributed by atoms with Gasteiger partial charge in [-0.25, -0.2) is 0 Å². The third-order valence-electron chi connectivity index (χ3n) is 8.38. The van der Waals surface area contributed by atoms with Gasteiger partial charge in [0.15, 0.2) is 0 Å². The molecule has 2 aliphatic heterocycles. The highest BCUT2D eigenvalue weighted by molar-refractivity contribution is 9.10. The van der Waals surface area contributed by atoms with Gasteiger partial charge < -0.3 is 20.6 Å². The van der Waals surface area contributed by atoms with Crippen LogP contribution in [0.5, 0.6) is 5.75 Å². The quantitative estimate of drug-likeness (QED) is 0.198. The van der Waals surface area contributed by atoms with Crippen LogP contribution in [0, 0.1) is 11.8 Å². The van der Waals surface area contributed by atoms with E-state index in [0.717, 1.165) is 49.8 Å². The fraction of sp³-hybridized carbons (Fsp3) is 0.562. The summed E-state index contributed by atoms with van der Waals surface area (Å²) in [5, 5.41) is 16.9. The van der Waals surface area contributed by atoms with Crippen LogP contribution in [0.1, 0.15) is 98.8 Å². The molecule has 3 atom stereocenters. The highest BCUT2D eigenvalue weighted by Crippen LogP contribution is 2.47. The Kier molecular flexibility index (Phi) is 11.7. The molecule has 0 spiro atoms. The van der Waals surface area contributed by atoms with Gasteiger partial charge in [0.1, 0.15) is 18.1 Å². The first-order valence-electron chi connectivity index (χ1n) is 15.6. The van der Waals surface area contributed by atoms with Crippen molar-refractivity contribution in [1.82, 2.24) is 15.5 Å². The molecule has 2 heterocycles. The first-order chi connectivity index (χ1) is 20.9. The van der Waals surface area contributed by atoms with Crippen LogP contribution in [-0.2, 0) is 14.2 Å². The molecular formula is C32H43BrN3O7P. The SMILES string of the molecule is CC(C)C[C@@H](CP(=O)(O)CN1C(=O)c2cccc3c(O)c(Br)cc(c23)C1=O)C(=O)N[C@H]1CCCCCCCCCCNC1=O. The lowest BCUT2D eigenvalue weighted by molar-refractivity contribution is -0.131. The van der Waals surface area contributed by atoms with Gasteiger partial charge in [-0.2, -0.15) is 0 Å². The van der Waals surface area contributed by atoms with Crippen LogP contribution in [0.2, 0.25) is 0 Å². The summed E-state index contributed by atoms with van der Waals surface area (Å²) in [6, 6.07) is 5.33. The summed E-state index contributed by atoms with van der Waals surface area (Å²) in [6.45, 7) is 4.34. The molecule has 0 radical (unpaired) electrons. The Morgan fingerprint density at radius 2 is 1.68 bits per heavy atom. The normalized spacial score (nSPS) is 20.7. The Labute approximate surface area is 266 Å². The lowest BCUT2D eigenvalue weighted by Crippen LogP contribution is -2.49. The first-order valence-corrected chi connectivity index (χ1v) is 18.4. The van der Waals surface area contributed by atoms with Crippen LogP contribution in [0.3, 0.4) is 0 Å². The monoisotopic (exact) mass is 691 g/mol. The zero-order chi connectivity index (χ0) is 32.0. The number of imide groups is 1. The summed E-state index contributed by atoms with van der Waals surface area (Å²) in [5.74, 6) is -3.23. The average Bonchev–Trinajstić information content (AvgIpc) is 2.98. The molecule has 2 aliphatic rings. The van der Waals surface area contributed by atoms with E-state index in [4.69, 9.17) is 0 Å². The van der Waals surface area contributed by atoms with Crippen molar-refractivity contribution in [3.8, 4) is 5.75 Å². The second-order valence-corrected chi connectivity index (χ2v) is 15.7. The topological polar surface area (TPSA) is 153 Å². The minimum Gasteiger partial charge on any atom is -0.506 e. The summed E-state index contributed by atoms with van der Waals surface area (Å²) in [4.78, 5) is 65.4. The highest BCUT2D eigenvalue weighted by atomic mass is 79.9. The van der Waals surface area contributed by atoms with Gasteiger partial charge in [-0.05, 0) is 53.2 Å². The molecule has 0 aromatic heterocycles. The van der Waals surface area contributed by atoms with E-state index in [9.17, 15) is 33.7 Å². The number of amides is 4. The molecule has 0 bridgehead atoms. The third kappa shape index (κ3) is 8.29. The third-order valence-corrected chi connectivity index (χ3v) is 10.7. The number of carbonyl (C=O) groups excluding carboxylic acids is 4. The summed E-state index contributed by atoms with van der Waals surface area (Å²) in [6.07, 6.45) is 7.80. The van der Waals surface area contributed by atoms with E-state index in [0.29, 0.717) is 24.8 Å². The van der Waals surface area contributed by atoms with E-state index in [1.54, 1.807) is 12.1 Å². The van der Waals surface area contributed by atoms with Crippen LogP contribution < -0.4 is 10.6 Å². The lowest BCUT2D eigenvalue weighted by Gasteiger charge is -2.30. The maximum Gasteiger partial charge on any atom is 0.261 e. The minimum atomic E-state index is -4.26. The van der Waals surface area contributed by atoms with Crippen molar-refractivity contribution < 1.29 is 33.7 Å². The summed E-state index contributed by atoms with van der Waals surface area (Å²) in [5.41, 5.74) is 0.265. The second kappa shape index (κ2) is 15.0. The maximum atomic E-state index is 13.7. The van der Waals surface area contributed by atoms with Crippen LogP contribution >= 0.6 is 23.3 Å². The van der Waals surface area contributed by atoms with Gasteiger partial charge in [0.05, 0.1) is 10.0 Å². The number of carbonyl (C=O) groups is 4. The summed E-state index contributed by atoms with van der Waals surface area (Å²) >= 11 is 3.24. The molecule has 1 unspecified atom stereocenters. The molecule has 0 aliphatic carbocycles. The number of hydrogen-bond donors (Lipinski definition) is 4. The minimum absolute atomic E-state index is 0.00685. The molecule has 0 saturated carbocycles. The lowest BCUT2D eigenvalue weighted by atomic mass is 9.94. The Hall–Kier alpha value is -2.75. The standard InChI is InChI=1S/C32H43BrN3O7P/c1-20(2)16-21(29(38)35-26-14-9-7-5-3-4-6-8-10-15-34-30(26)39)18-44(42,43)19-36-31(40)23-13-11-12-22-27(23)24(32(36)41)17-25(33)28(22)37/h11-13,17,20-21,26,37H,3-10,14-16,18-19H2,1-2H3,(H,34,39)(H,35,38)(H,42,43)/t21-,26-/m0/s1. The van der Waals surface area contributed by atoms with Gasteiger partial charge in [0, 0.05) is 35.0 Å². The smallest absolute Gasteiger partial charge is 0.261 e. The Morgan fingerprint density at radius 3 is 2.36 bits per heavy atom. The van der Waals surface area contributed by atoms with Crippen molar-refractivity contribution in [2.24, 2.45) is 11.8 Å². The van der Waals surface area contributed by atoms with Crippen LogP contribution in [-0.4, -0.2) is 63.6 Å².